The molecule has 6 nitrogen and oxygen atoms in total. The van der Waals surface area contributed by atoms with E-state index in [-0.39, 0.29) is 18.9 Å². The molecule has 0 aliphatic carbocycles. The molecule has 0 aromatic rings. The van der Waals surface area contributed by atoms with Crippen molar-refractivity contribution in [3.63, 3.8) is 0 Å². The van der Waals surface area contributed by atoms with Gasteiger partial charge in [0.05, 0.1) is 6.61 Å². The Kier molecular flexibility index (Phi) is 10.8. The number of carbonyl (C=O) groups excluding carboxylic acids is 3. The smallest absolute Gasteiger partial charge is 0.410 e. The number of unbranched alkanes of at least 4 members (excludes halogenated alkanes) is 1. The van der Waals surface area contributed by atoms with Gasteiger partial charge in [-0.15, -0.1) is 0 Å². The Balaban J connectivity index is 4.50. The molecule has 0 atom stereocenters. The van der Waals surface area contributed by atoms with E-state index in [0.717, 1.165) is 0 Å². The first-order chi connectivity index (χ1) is 11.5. The molecule has 144 valence electrons. The molecule has 1 amide bonds. The quantitative estimate of drug-likeness (QED) is 0.339. The Labute approximate surface area is 151 Å². The van der Waals surface area contributed by atoms with Crippen molar-refractivity contribution >= 4 is 17.8 Å². The van der Waals surface area contributed by atoms with Crippen molar-refractivity contribution in [3.05, 3.63) is 12.2 Å². The fraction of sp³-hybridized carbons (Fsp3) is 0.737. The number of hydrogen-bond donors (Lipinski definition) is 0. The lowest BCUT2D eigenvalue weighted by atomic mass is 10.1. The molecule has 25 heavy (non-hydrogen) atoms. The first kappa shape index (κ1) is 23.1. The van der Waals surface area contributed by atoms with Gasteiger partial charge in [-0.05, 0) is 52.5 Å². The summed E-state index contributed by atoms with van der Waals surface area (Å²) in [5.74, 6) is -0.0524. The zero-order valence-corrected chi connectivity index (χ0v) is 16.5. The topological polar surface area (TPSA) is 72.9 Å². The minimum Gasteiger partial charge on any atom is -0.465 e. The maximum absolute atomic E-state index is 12.2. The number of ether oxygens (including phenoxy) is 2. The van der Waals surface area contributed by atoms with Crippen LogP contribution in [0.25, 0.3) is 0 Å². The molecule has 0 spiro atoms. The van der Waals surface area contributed by atoms with Crippen molar-refractivity contribution in [1.29, 1.82) is 0 Å². The van der Waals surface area contributed by atoms with Gasteiger partial charge in [0.2, 0.25) is 0 Å². The maximum atomic E-state index is 12.2. The number of nitrogens with zero attached hydrogens (tertiary/aromatic N) is 1. The largest absolute Gasteiger partial charge is 0.465 e. The summed E-state index contributed by atoms with van der Waals surface area (Å²) in [6.45, 7) is 11.5. The highest BCUT2D eigenvalue weighted by Gasteiger charge is 2.24. The van der Waals surface area contributed by atoms with E-state index in [1.807, 2.05) is 19.9 Å². The molecule has 6 heteroatoms. The Morgan fingerprint density at radius 2 is 1.76 bits per heavy atom. The van der Waals surface area contributed by atoms with Gasteiger partial charge in [0.15, 0.2) is 5.78 Å². The normalized spacial score (nSPS) is 11.6. The van der Waals surface area contributed by atoms with Crippen LogP contribution in [0, 0.1) is 5.92 Å². The van der Waals surface area contributed by atoms with Gasteiger partial charge in [0.25, 0.3) is 0 Å². The third-order valence-electron chi connectivity index (χ3n) is 3.05. The first-order valence-corrected chi connectivity index (χ1v) is 8.89. The zero-order valence-electron chi connectivity index (χ0n) is 16.5. The molecule has 0 unspecified atom stereocenters. The Morgan fingerprint density at radius 3 is 2.28 bits per heavy atom. The third kappa shape index (κ3) is 13.2. The average Bonchev–Trinajstić information content (AvgIpc) is 2.46. The SMILES string of the molecule is CCOC(=O)CN(CCCCC(=O)/C=C/C(C)C)C(=O)OC(C)(C)C. The minimum atomic E-state index is -0.637. The highest BCUT2D eigenvalue weighted by molar-refractivity contribution is 5.89. The summed E-state index contributed by atoms with van der Waals surface area (Å²) in [6.07, 6.45) is 4.60. The molecule has 0 heterocycles. The number of allylic oxidation sites excluding steroid dienone is 2. The van der Waals surface area contributed by atoms with E-state index in [1.165, 1.54) is 4.90 Å². The molecule has 0 saturated carbocycles. The zero-order chi connectivity index (χ0) is 19.5. The predicted octanol–water partition coefficient (Wildman–Crippen LogP) is 3.74. The molecule has 0 rings (SSSR count). The summed E-state index contributed by atoms with van der Waals surface area (Å²) < 4.78 is 10.2. The fourth-order valence-corrected chi connectivity index (χ4v) is 1.91. The maximum Gasteiger partial charge on any atom is 0.410 e. The second-order valence-corrected chi connectivity index (χ2v) is 7.23. The van der Waals surface area contributed by atoms with Gasteiger partial charge < -0.3 is 9.47 Å². The van der Waals surface area contributed by atoms with E-state index in [1.54, 1.807) is 33.8 Å². The van der Waals surface area contributed by atoms with Crippen LogP contribution >= 0.6 is 0 Å². The Hall–Kier alpha value is -1.85. The van der Waals surface area contributed by atoms with Gasteiger partial charge in [0, 0.05) is 13.0 Å². The molecule has 0 radical (unpaired) electrons. The molecule has 0 fully saturated rings. The molecular weight excluding hydrogens is 322 g/mol. The number of esters is 1. The van der Waals surface area contributed by atoms with Crippen LogP contribution in [0.2, 0.25) is 0 Å². The summed E-state index contributed by atoms with van der Waals surface area (Å²) in [5, 5.41) is 0. The summed E-state index contributed by atoms with van der Waals surface area (Å²) in [4.78, 5) is 36.9. The molecular formula is C19H33NO5. The predicted molar refractivity (Wildman–Crippen MR) is 97.3 cm³/mol. The van der Waals surface area contributed by atoms with Crippen molar-refractivity contribution in [2.24, 2.45) is 5.92 Å². The van der Waals surface area contributed by atoms with E-state index in [0.29, 0.717) is 31.7 Å². The summed E-state index contributed by atoms with van der Waals surface area (Å²) in [5.41, 5.74) is -0.637. The van der Waals surface area contributed by atoms with Crippen molar-refractivity contribution in [2.75, 3.05) is 19.7 Å². The first-order valence-electron chi connectivity index (χ1n) is 8.89. The highest BCUT2D eigenvalue weighted by atomic mass is 16.6. The van der Waals surface area contributed by atoms with Gasteiger partial charge in [0.1, 0.15) is 12.1 Å². The summed E-state index contributed by atoms with van der Waals surface area (Å²) in [7, 11) is 0. The molecule has 0 aromatic heterocycles. The summed E-state index contributed by atoms with van der Waals surface area (Å²) >= 11 is 0. The van der Waals surface area contributed by atoms with Gasteiger partial charge in [-0.3, -0.25) is 14.5 Å². The standard InChI is InChI=1S/C19H33NO5/c1-7-24-17(22)14-20(18(23)25-19(4,5)6)13-9-8-10-16(21)12-11-15(2)3/h11-12,15H,7-10,13-14H2,1-6H3/b12-11+. The van der Waals surface area contributed by atoms with Crippen LogP contribution in [-0.4, -0.2) is 48.0 Å². The van der Waals surface area contributed by atoms with Crippen LogP contribution in [0.1, 0.15) is 60.8 Å². The Morgan fingerprint density at radius 1 is 1.12 bits per heavy atom. The van der Waals surface area contributed by atoms with Gasteiger partial charge in [-0.1, -0.05) is 19.9 Å². The van der Waals surface area contributed by atoms with Crippen LogP contribution in [-0.2, 0) is 19.1 Å². The van der Waals surface area contributed by atoms with Gasteiger partial charge in [-0.25, -0.2) is 4.79 Å². The summed E-state index contributed by atoms with van der Waals surface area (Å²) in [6, 6.07) is 0. The van der Waals surface area contributed by atoms with Crippen LogP contribution < -0.4 is 0 Å². The van der Waals surface area contributed by atoms with Crippen molar-refractivity contribution in [2.45, 2.75) is 66.4 Å². The number of ketones is 1. The lowest BCUT2D eigenvalue weighted by Crippen LogP contribution is -2.40. The molecule has 0 aliphatic heterocycles. The monoisotopic (exact) mass is 355 g/mol. The average molecular weight is 355 g/mol. The number of amides is 1. The van der Waals surface area contributed by atoms with Crippen LogP contribution in [0.4, 0.5) is 4.79 Å². The van der Waals surface area contributed by atoms with E-state index in [2.05, 4.69) is 0 Å². The van der Waals surface area contributed by atoms with E-state index < -0.39 is 17.7 Å². The van der Waals surface area contributed by atoms with Crippen molar-refractivity contribution in [1.82, 2.24) is 4.90 Å². The molecule has 0 N–H and O–H groups in total. The number of carbonyl (C=O) groups is 3. The van der Waals surface area contributed by atoms with Gasteiger partial charge >= 0.3 is 12.1 Å². The van der Waals surface area contributed by atoms with E-state index >= 15 is 0 Å². The number of rotatable bonds is 10. The molecule has 0 bridgehead atoms. The highest BCUT2D eigenvalue weighted by Crippen LogP contribution is 2.11. The van der Waals surface area contributed by atoms with E-state index in [9.17, 15) is 14.4 Å². The second-order valence-electron chi connectivity index (χ2n) is 7.23. The van der Waals surface area contributed by atoms with Gasteiger partial charge in [-0.2, -0.15) is 0 Å². The molecule has 0 saturated heterocycles. The van der Waals surface area contributed by atoms with E-state index in [4.69, 9.17) is 9.47 Å². The lowest BCUT2D eigenvalue weighted by molar-refractivity contribution is -0.144. The number of hydrogen-bond acceptors (Lipinski definition) is 5. The van der Waals surface area contributed by atoms with Crippen molar-refractivity contribution in [3.8, 4) is 0 Å². The Bertz CT molecular complexity index is 463. The minimum absolute atomic E-state index is 0.0721. The van der Waals surface area contributed by atoms with Crippen LogP contribution in [0.15, 0.2) is 12.2 Å². The fourth-order valence-electron chi connectivity index (χ4n) is 1.91. The van der Waals surface area contributed by atoms with Crippen LogP contribution in [0.5, 0.6) is 0 Å². The second kappa shape index (κ2) is 11.7. The van der Waals surface area contributed by atoms with Crippen molar-refractivity contribution < 1.29 is 23.9 Å². The lowest BCUT2D eigenvalue weighted by Gasteiger charge is -2.26. The third-order valence-corrected chi connectivity index (χ3v) is 3.05. The molecule has 0 aliphatic rings. The van der Waals surface area contributed by atoms with Crippen LogP contribution in [0.3, 0.4) is 0 Å². The molecule has 0 aromatic carbocycles.